The van der Waals surface area contributed by atoms with Crippen molar-refractivity contribution < 1.29 is 4.74 Å². The molecule has 144 valence electrons. The quantitative estimate of drug-likeness (QED) is 0.694. The molecule has 0 unspecified atom stereocenters. The lowest BCUT2D eigenvalue weighted by Gasteiger charge is -2.32. The Labute approximate surface area is 163 Å². The van der Waals surface area contributed by atoms with Crippen molar-refractivity contribution in [1.82, 2.24) is 9.80 Å². The van der Waals surface area contributed by atoms with Crippen molar-refractivity contribution in [2.75, 3.05) is 46.4 Å². The minimum Gasteiger partial charge on any atom is -0.493 e. The number of hydrogen-bond acceptors (Lipinski definition) is 3. The van der Waals surface area contributed by atoms with Gasteiger partial charge >= 0.3 is 0 Å². The van der Waals surface area contributed by atoms with E-state index in [1.54, 1.807) is 0 Å². The van der Waals surface area contributed by atoms with E-state index in [4.69, 9.17) is 4.74 Å². The third-order valence-electron chi connectivity index (χ3n) is 5.86. The third kappa shape index (κ3) is 5.33. The number of nitrogens with zero attached hydrogens (tertiary/aromatic N) is 2. The maximum Gasteiger partial charge on any atom is 0.122 e. The van der Waals surface area contributed by atoms with Crippen molar-refractivity contribution >= 4 is 0 Å². The molecule has 2 aromatic carbocycles. The van der Waals surface area contributed by atoms with Crippen LogP contribution in [0.2, 0.25) is 0 Å². The van der Waals surface area contributed by atoms with Crippen LogP contribution in [0.5, 0.6) is 5.75 Å². The van der Waals surface area contributed by atoms with E-state index in [2.05, 4.69) is 65.4 Å². The molecule has 0 amide bonds. The summed E-state index contributed by atoms with van der Waals surface area (Å²) in [5, 5.41) is 0. The third-order valence-corrected chi connectivity index (χ3v) is 5.86. The number of ether oxygens (including phenoxy) is 1. The first-order chi connectivity index (χ1) is 13.3. The summed E-state index contributed by atoms with van der Waals surface area (Å²) in [6.45, 7) is 6.86. The lowest BCUT2D eigenvalue weighted by molar-refractivity contribution is 0.153. The first-order valence-electron chi connectivity index (χ1n) is 10.5. The van der Waals surface area contributed by atoms with E-state index in [0.717, 1.165) is 24.7 Å². The zero-order valence-corrected chi connectivity index (χ0v) is 16.6. The average molecular weight is 365 g/mol. The van der Waals surface area contributed by atoms with E-state index in [0.29, 0.717) is 0 Å². The predicted molar refractivity (Wildman–Crippen MR) is 112 cm³/mol. The molecular formula is C24H32N2O. The summed E-state index contributed by atoms with van der Waals surface area (Å²) in [5.41, 5.74) is 3.95. The number of benzene rings is 2. The van der Waals surface area contributed by atoms with Gasteiger partial charge < -0.3 is 14.5 Å². The van der Waals surface area contributed by atoms with Crippen LogP contribution in [-0.2, 0) is 6.42 Å². The second kappa shape index (κ2) is 8.90. The van der Waals surface area contributed by atoms with Gasteiger partial charge in [0.25, 0.3) is 0 Å². The number of likely N-dealkylation sites (N-methyl/N-ethyl adjacent to an activating group) is 1. The van der Waals surface area contributed by atoms with Gasteiger partial charge in [0.1, 0.15) is 5.75 Å². The van der Waals surface area contributed by atoms with Crippen LogP contribution in [0.1, 0.15) is 24.8 Å². The molecule has 2 fully saturated rings. The van der Waals surface area contributed by atoms with Crippen molar-refractivity contribution in [1.29, 1.82) is 0 Å². The van der Waals surface area contributed by atoms with E-state index in [1.165, 1.54) is 68.7 Å². The Balaban J connectivity index is 1.42. The average Bonchev–Trinajstić information content (AvgIpc) is 3.54. The molecule has 3 nitrogen and oxygen atoms in total. The fourth-order valence-corrected chi connectivity index (χ4v) is 3.78. The van der Waals surface area contributed by atoms with Gasteiger partial charge in [0.15, 0.2) is 0 Å². The largest absolute Gasteiger partial charge is 0.493 e. The molecule has 1 heterocycles. The molecule has 1 aliphatic carbocycles. The summed E-state index contributed by atoms with van der Waals surface area (Å²) in [6.07, 6.45) is 4.95. The van der Waals surface area contributed by atoms with Gasteiger partial charge in [-0.1, -0.05) is 36.4 Å². The Morgan fingerprint density at radius 3 is 2.44 bits per heavy atom. The molecule has 0 N–H and O–H groups in total. The molecule has 27 heavy (non-hydrogen) atoms. The Morgan fingerprint density at radius 1 is 0.926 bits per heavy atom. The SMILES string of the molecule is CN1CCN(CCCc2cc(-c3ccccc3)ccc2OCC2CC2)CC1. The van der Waals surface area contributed by atoms with Gasteiger partial charge in [-0.15, -0.1) is 0 Å². The molecule has 4 rings (SSSR count). The van der Waals surface area contributed by atoms with Crippen molar-refractivity contribution in [3.8, 4) is 16.9 Å². The molecule has 0 radical (unpaired) electrons. The number of rotatable bonds is 8. The lowest BCUT2D eigenvalue weighted by Crippen LogP contribution is -2.44. The molecule has 3 heteroatoms. The lowest BCUT2D eigenvalue weighted by atomic mass is 10.00. The van der Waals surface area contributed by atoms with Gasteiger partial charge in [-0.25, -0.2) is 0 Å². The zero-order valence-electron chi connectivity index (χ0n) is 16.6. The molecule has 1 saturated carbocycles. The Morgan fingerprint density at radius 2 is 1.70 bits per heavy atom. The number of hydrogen-bond donors (Lipinski definition) is 0. The van der Waals surface area contributed by atoms with Crippen molar-refractivity contribution in [3.63, 3.8) is 0 Å². The van der Waals surface area contributed by atoms with Gasteiger partial charge in [-0.05, 0) is 74.0 Å². The fraction of sp³-hybridized carbons (Fsp3) is 0.500. The van der Waals surface area contributed by atoms with E-state index in [9.17, 15) is 0 Å². The summed E-state index contributed by atoms with van der Waals surface area (Å²) in [7, 11) is 2.22. The van der Waals surface area contributed by atoms with Crippen LogP contribution >= 0.6 is 0 Å². The van der Waals surface area contributed by atoms with Crippen LogP contribution < -0.4 is 4.74 Å². The van der Waals surface area contributed by atoms with E-state index >= 15 is 0 Å². The fourth-order valence-electron chi connectivity index (χ4n) is 3.78. The second-order valence-corrected chi connectivity index (χ2v) is 8.19. The van der Waals surface area contributed by atoms with Crippen LogP contribution in [0.25, 0.3) is 11.1 Å². The van der Waals surface area contributed by atoms with Crippen molar-refractivity contribution in [2.45, 2.75) is 25.7 Å². The molecule has 0 atom stereocenters. The molecule has 0 spiro atoms. The summed E-state index contributed by atoms with van der Waals surface area (Å²) in [6, 6.07) is 17.4. The molecule has 1 aliphatic heterocycles. The maximum absolute atomic E-state index is 6.19. The van der Waals surface area contributed by atoms with Crippen LogP contribution in [0, 0.1) is 5.92 Å². The molecule has 2 aliphatic rings. The first kappa shape index (κ1) is 18.5. The number of piperazine rings is 1. The molecule has 1 saturated heterocycles. The normalized spacial score (nSPS) is 18.6. The van der Waals surface area contributed by atoms with Crippen LogP contribution in [0.15, 0.2) is 48.5 Å². The van der Waals surface area contributed by atoms with Gasteiger partial charge in [0.2, 0.25) is 0 Å². The summed E-state index contributed by atoms with van der Waals surface area (Å²) < 4.78 is 6.19. The second-order valence-electron chi connectivity index (χ2n) is 8.19. The topological polar surface area (TPSA) is 15.7 Å². The highest BCUT2D eigenvalue weighted by molar-refractivity contribution is 5.65. The molecule has 2 aromatic rings. The first-order valence-corrected chi connectivity index (χ1v) is 10.5. The molecule has 0 aromatic heterocycles. The maximum atomic E-state index is 6.19. The van der Waals surface area contributed by atoms with Gasteiger partial charge in [0, 0.05) is 26.2 Å². The summed E-state index contributed by atoms with van der Waals surface area (Å²) >= 11 is 0. The van der Waals surface area contributed by atoms with Gasteiger partial charge in [-0.2, -0.15) is 0 Å². The van der Waals surface area contributed by atoms with Crippen molar-refractivity contribution in [2.24, 2.45) is 5.92 Å². The standard InChI is InChI=1S/C24H32N2O/c1-25-14-16-26(17-15-25)13-5-8-23-18-22(21-6-3-2-4-7-21)11-12-24(23)27-19-20-9-10-20/h2-4,6-7,11-12,18,20H,5,8-10,13-17,19H2,1H3. The van der Waals surface area contributed by atoms with Crippen molar-refractivity contribution in [3.05, 3.63) is 54.1 Å². The number of aryl methyl sites for hydroxylation is 1. The molecule has 0 bridgehead atoms. The van der Waals surface area contributed by atoms with Gasteiger partial charge in [-0.3, -0.25) is 0 Å². The Hall–Kier alpha value is -1.84. The summed E-state index contributed by atoms with van der Waals surface area (Å²) in [4.78, 5) is 5.02. The van der Waals surface area contributed by atoms with Crippen LogP contribution in [-0.4, -0.2) is 56.2 Å². The van der Waals surface area contributed by atoms with Crippen LogP contribution in [0.3, 0.4) is 0 Å². The Kier molecular flexibility index (Phi) is 6.10. The highest BCUT2D eigenvalue weighted by Gasteiger charge is 2.22. The minimum atomic E-state index is 0.789. The molecular weight excluding hydrogens is 332 g/mol. The Bertz CT molecular complexity index is 718. The van der Waals surface area contributed by atoms with E-state index in [1.807, 2.05) is 0 Å². The highest BCUT2D eigenvalue weighted by atomic mass is 16.5. The predicted octanol–water partition coefficient (Wildman–Crippen LogP) is 4.32. The van der Waals surface area contributed by atoms with Gasteiger partial charge in [0.05, 0.1) is 6.61 Å². The highest BCUT2D eigenvalue weighted by Crippen LogP contribution is 2.32. The van der Waals surface area contributed by atoms with Crippen LogP contribution in [0.4, 0.5) is 0 Å². The van der Waals surface area contributed by atoms with E-state index in [-0.39, 0.29) is 0 Å². The monoisotopic (exact) mass is 364 g/mol. The summed E-state index contributed by atoms with van der Waals surface area (Å²) in [5.74, 6) is 1.89. The smallest absolute Gasteiger partial charge is 0.122 e. The zero-order chi connectivity index (χ0) is 18.5. The van der Waals surface area contributed by atoms with E-state index < -0.39 is 0 Å². The minimum absolute atomic E-state index is 0.789.